The van der Waals surface area contributed by atoms with Crippen molar-refractivity contribution in [3.05, 3.63) is 54.4 Å². The number of ether oxygens (including phenoxy) is 2. The molecular weight excluding hydrogens is 513 g/mol. The van der Waals surface area contributed by atoms with E-state index in [0.29, 0.717) is 17.7 Å². The Morgan fingerprint density at radius 2 is 1.92 bits per heavy atom. The van der Waals surface area contributed by atoms with Gasteiger partial charge in [-0.25, -0.2) is 5.09 Å². The Balaban J connectivity index is 1.37. The second-order valence-electron chi connectivity index (χ2n) is 9.61. The predicted octanol–water partition coefficient (Wildman–Crippen LogP) is 2.20. The minimum absolute atomic E-state index is 0.0730. The van der Waals surface area contributed by atoms with Gasteiger partial charge >= 0.3 is 14.5 Å². The number of carbonyl (C=O) groups excluding carboxylic acids is 2. The molecule has 0 bridgehead atoms. The van der Waals surface area contributed by atoms with E-state index in [1.807, 2.05) is 18.2 Å². The summed E-state index contributed by atoms with van der Waals surface area (Å²) in [4.78, 5) is 25.8. The van der Waals surface area contributed by atoms with Gasteiger partial charge in [0.15, 0.2) is 6.23 Å². The van der Waals surface area contributed by atoms with Crippen LogP contribution in [0.3, 0.4) is 0 Å². The Hall–Kier alpha value is -2.53. The SMILES string of the molecule is CC(NP(OCC1OC(N2C=CCC(C(N)=O)=C2)C(O)C1O)Oc1ccccc1)C(=O)OC1CCCCC1. The maximum Gasteiger partial charge on any atom is 0.323 e. The number of esters is 1. The number of nitrogens with zero attached hydrogens (tertiary/aromatic N) is 1. The van der Waals surface area contributed by atoms with Gasteiger partial charge in [0.1, 0.15) is 36.2 Å². The van der Waals surface area contributed by atoms with E-state index in [0.717, 1.165) is 32.1 Å². The Kier molecular flexibility index (Phi) is 10.1. The van der Waals surface area contributed by atoms with E-state index >= 15 is 0 Å². The van der Waals surface area contributed by atoms with Crippen LogP contribution in [0.4, 0.5) is 0 Å². The van der Waals surface area contributed by atoms with Gasteiger partial charge in [0, 0.05) is 18.0 Å². The van der Waals surface area contributed by atoms with Crippen molar-refractivity contribution in [2.24, 2.45) is 5.73 Å². The van der Waals surface area contributed by atoms with Crippen LogP contribution in [0.25, 0.3) is 0 Å². The molecule has 4 rings (SSSR count). The molecule has 2 fully saturated rings. The highest BCUT2D eigenvalue weighted by Crippen LogP contribution is 2.38. The molecule has 208 valence electrons. The highest BCUT2D eigenvalue weighted by atomic mass is 31.2. The number of para-hydroxylation sites is 1. The highest BCUT2D eigenvalue weighted by Gasteiger charge is 2.45. The molecule has 1 aromatic carbocycles. The number of nitrogens with one attached hydrogen (secondary N) is 1. The number of aliphatic hydroxyl groups excluding tert-OH is 2. The van der Waals surface area contributed by atoms with E-state index in [-0.39, 0.29) is 18.7 Å². The molecule has 11 nitrogen and oxygen atoms in total. The lowest BCUT2D eigenvalue weighted by molar-refractivity contribution is -0.152. The maximum absolute atomic E-state index is 12.7. The Bertz CT molecular complexity index is 1000. The van der Waals surface area contributed by atoms with Crippen molar-refractivity contribution in [1.29, 1.82) is 0 Å². The molecule has 0 spiro atoms. The van der Waals surface area contributed by atoms with E-state index in [9.17, 15) is 19.8 Å². The lowest BCUT2D eigenvalue weighted by atomic mass is 9.98. The van der Waals surface area contributed by atoms with Gasteiger partial charge < -0.3 is 39.4 Å². The largest absolute Gasteiger partial charge is 0.461 e. The zero-order valence-corrected chi connectivity index (χ0v) is 22.2. The average Bonchev–Trinajstić information content (AvgIpc) is 3.21. The van der Waals surface area contributed by atoms with Crippen molar-refractivity contribution in [3.63, 3.8) is 0 Å². The molecule has 5 N–H and O–H groups in total. The number of aliphatic hydroxyl groups is 2. The van der Waals surface area contributed by atoms with Gasteiger partial charge in [-0.1, -0.05) is 30.7 Å². The summed E-state index contributed by atoms with van der Waals surface area (Å²) in [5.41, 5.74) is 5.74. The van der Waals surface area contributed by atoms with Gasteiger partial charge in [-0.3, -0.25) is 9.59 Å². The zero-order chi connectivity index (χ0) is 27.1. The molecule has 1 saturated carbocycles. The number of primary amides is 1. The molecule has 38 heavy (non-hydrogen) atoms. The first-order chi connectivity index (χ1) is 18.3. The molecule has 1 amide bonds. The van der Waals surface area contributed by atoms with Gasteiger partial charge in [0.05, 0.1) is 6.61 Å². The summed E-state index contributed by atoms with van der Waals surface area (Å²) < 4.78 is 23.5. The molecule has 6 atom stereocenters. The lowest BCUT2D eigenvalue weighted by Crippen LogP contribution is -2.40. The Morgan fingerprint density at radius 1 is 1.18 bits per heavy atom. The molecule has 1 aromatic rings. The topological polar surface area (TPSA) is 153 Å². The molecule has 0 radical (unpaired) electrons. The summed E-state index contributed by atoms with van der Waals surface area (Å²) in [6.07, 6.45) is 5.81. The van der Waals surface area contributed by atoms with E-state index in [2.05, 4.69) is 5.09 Å². The molecule has 0 aromatic heterocycles. The predicted molar refractivity (Wildman–Crippen MR) is 139 cm³/mol. The third kappa shape index (κ3) is 7.53. The van der Waals surface area contributed by atoms with Crippen LogP contribution in [-0.2, 0) is 23.6 Å². The molecule has 12 heteroatoms. The van der Waals surface area contributed by atoms with Crippen LogP contribution in [0.15, 0.2) is 54.4 Å². The van der Waals surface area contributed by atoms with Gasteiger partial charge in [-0.2, -0.15) is 0 Å². The van der Waals surface area contributed by atoms with Crippen molar-refractivity contribution in [2.75, 3.05) is 6.61 Å². The van der Waals surface area contributed by atoms with E-state index < -0.39 is 45.0 Å². The highest BCUT2D eigenvalue weighted by molar-refractivity contribution is 7.45. The second kappa shape index (κ2) is 13.5. The quantitative estimate of drug-likeness (QED) is 0.239. The fourth-order valence-corrected chi connectivity index (χ4v) is 5.68. The molecule has 1 aliphatic carbocycles. The minimum Gasteiger partial charge on any atom is -0.461 e. The van der Waals surface area contributed by atoms with Gasteiger partial charge in [0.2, 0.25) is 5.91 Å². The third-order valence-electron chi connectivity index (χ3n) is 6.64. The number of allylic oxidation sites excluding steroid dienone is 1. The van der Waals surface area contributed by atoms with Crippen LogP contribution >= 0.6 is 8.53 Å². The van der Waals surface area contributed by atoms with Crippen LogP contribution in [0.5, 0.6) is 5.75 Å². The minimum atomic E-state index is -1.85. The van der Waals surface area contributed by atoms with Crippen molar-refractivity contribution >= 4 is 20.4 Å². The molecule has 1 saturated heterocycles. The number of rotatable bonds is 11. The number of nitrogens with two attached hydrogens (primary N) is 1. The number of hydrogen-bond acceptors (Lipinski definition) is 10. The van der Waals surface area contributed by atoms with Crippen LogP contribution < -0.4 is 15.3 Å². The van der Waals surface area contributed by atoms with Gasteiger partial charge in [0.25, 0.3) is 0 Å². The number of hydrogen-bond donors (Lipinski definition) is 4. The normalized spacial score (nSPS) is 27.4. The first-order valence-corrected chi connectivity index (χ1v) is 14.1. The number of benzene rings is 1. The van der Waals surface area contributed by atoms with Crippen LogP contribution in [0.2, 0.25) is 0 Å². The standard InChI is InChI=1S/C26H36N3O8P/c1-17(26(33)35-19-10-4-2-5-11-19)28-38(37-20-12-6-3-7-13-20)34-16-21-22(30)23(31)25(36-21)29-14-8-9-18(15-29)24(27)32/h3,6-8,12-15,17,19,21-23,25,28,30-31H,2,4-5,9-11,16H2,1H3,(H2,27,32). The van der Waals surface area contributed by atoms with Crippen molar-refractivity contribution in [2.45, 2.75) is 82.1 Å². The first-order valence-electron chi connectivity index (χ1n) is 12.9. The van der Waals surface area contributed by atoms with Crippen molar-refractivity contribution in [3.8, 4) is 5.75 Å². The second-order valence-corrected chi connectivity index (χ2v) is 10.8. The zero-order valence-electron chi connectivity index (χ0n) is 21.3. The molecule has 2 aliphatic heterocycles. The fraction of sp³-hybridized carbons (Fsp3) is 0.538. The monoisotopic (exact) mass is 549 g/mol. The van der Waals surface area contributed by atoms with Crippen molar-refractivity contribution < 1.29 is 38.3 Å². The summed E-state index contributed by atoms with van der Waals surface area (Å²) in [6.45, 7) is 1.55. The maximum atomic E-state index is 12.7. The summed E-state index contributed by atoms with van der Waals surface area (Å²) in [7, 11) is -1.85. The van der Waals surface area contributed by atoms with Crippen LogP contribution in [0.1, 0.15) is 45.4 Å². The first kappa shape index (κ1) is 28.5. The smallest absolute Gasteiger partial charge is 0.323 e. The van der Waals surface area contributed by atoms with Crippen LogP contribution in [-0.4, -0.2) is 70.3 Å². The third-order valence-corrected chi connectivity index (χ3v) is 8.00. The average molecular weight is 550 g/mol. The summed E-state index contributed by atoms with van der Waals surface area (Å²) >= 11 is 0. The molecular formula is C26H36N3O8P. The van der Waals surface area contributed by atoms with E-state index in [4.69, 9.17) is 24.3 Å². The summed E-state index contributed by atoms with van der Waals surface area (Å²) in [6, 6.07) is 8.30. The van der Waals surface area contributed by atoms with E-state index in [1.165, 1.54) is 11.1 Å². The summed E-state index contributed by atoms with van der Waals surface area (Å²) in [5, 5.41) is 24.3. The van der Waals surface area contributed by atoms with Gasteiger partial charge in [-0.15, -0.1) is 0 Å². The lowest BCUT2D eigenvalue weighted by Gasteiger charge is -2.28. The van der Waals surface area contributed by atoms with E-state index in [1.54, 1.807) is 31.3 Å². The van der Waals surface area contributed by atoms with Crippen LogP contribution in [0, 0.1) is 0 Å². The Morgan fingerprint density at radius 3 is 2.63 bits per heavy atom. The number of amides is 1. The molecule has 3 aliphatic rings. The molecule has 2 heterocycles. The fourth-order valence-electron chi connectivity index (χ4n) is 4.48. The van der Waals surface area contributed by atoms with Gasteiger partial charge in [-0.05, 0) is 51.2 Å². The molecule has 6 unspecified atom stereocenters. The summed E-state index contributed by atoms with van der Waals surface area (Å²) in [5.74, 6) is -0.420. The van der Waals surface area contributed by atoms with Crippen molar-refractivity contribution in [1.82, 2.24) is 9.99 Å². The number of carbonyl (C=O) groups is 2. The Labute approximate surface area is 223 Å².